The van der Waals surface area contributed by atoms with Gasteiger partial charge in [-0.15, -0.1) is 0 Å². The summed E-state index contributed by atoms with van der Waals surface area (Å²) in [5.74, 6) is -0.190. The van der Waals surface area contributed by atoms with E-state index in [9.17, 15) is 35.9 Å². The van der Waals surface area contributed by atoms with Gasteiger partial charge in [0.25, 0.3) is 0 Å². The van der Waals surface area contributed by atoms with Crippen molar-refractivity contribution in [1.82, 2.24) is 5.32 Å². The average molecular weight is 515 g/mol. The highest BCUT2D eigenvalue weighted by molar-refractivity contribution is 5.94. The molecule has 0 radical (unpaired) electrons. The van der Waals surface area contributed by atoms with Crippen LogP contribution in [0.4, 0.5) is 32.0 Å². The first-order chi connectivity index (χ1) is 16.8. The highest BCUT2D eigenvalue weighted by atomic mass is 19.4. The fraction of sp³-hybridized carbons (Fsp3) is 0.615. The van der Waals surface area contributed by atoms with Gasteiger partial charge in [-0.3, -0.25) is 9.59 Å². The van der Waals surface area contributed by atoms with E-state index in [0.717, 1.165) is 25.7 Å². The van der Waals surface area contributed by atoms with Crippen LogP contribution in [0.15, 0.2) is 30.4 Å². The first-order valence-corrected chi connectivity index (χ1v) is 12.4. The Morgan fingerprint density at radius 2 is 1.75 bits per heavy atom. The molecule has 1 aliphatic heterocycles. The number of amides is 2. The summed E-state index contributed by atoms with van der Waals surface area (Å²) in [7, 11) is 0. The summed E-state index contributed by atoms with van der Waals surface area (Å²) in [4.78, 5) is 25.1. The van der Waals surface area contributed by atoms with Crippen molar-refractivity contribution in [2.45, 2.75) is 63.8 Å². The van der Waals surface area contributed by atoms with E-state index in [1.165, 1.54) is 0 Å². The summed E-state index contributed by atoms with van der Waals surface area (Å²) < 4.78 is 80.2. The van der Waals surface area contributed by atoms with Gasteiger partial charge in [0.2, 0.25) is 11.8 Å². The largest absolute Gasteiger partial charge is 0.418 e. The van der Waals surface area contributed by atoms with E-state index in [1.807, 2.05) is 13.0 Å². The normalized spacial score (nSPS) is 35.9. The van der Waals surface area contributed by atoms with Crippen molar-refractivity contribution < 1.29 is 35.9 Å². The van der Waals surface area contributed by atoms with Gasteiger partial charge in [0.05, 0.1) is 16.8 Å². The number of fused-ring (bicyclic) bond motifs is 5. The van der Waals surface area contributed by atoms with Crippen LogP contribution >= 0.6 is 0 Å². The first-order valence-electron chi connectivity index (χ1n) is 12.4. The third-order valence-electron chi connectivity index (χ3n) is 9.29. The Bertz CT molecular complexity index is 1100. The third-order valence-corrected chi connectivity index (χ3v) is 9.29. The molecule has 4 nitrogen and oxygen atoms in total. The predicted molar refractivity (Wildman–Crippen MR) is 119 cm³/mol. The number of anilines is 1. The summed E-state index contributed by atoms with van der Waals surface area (Å²) in [6, 6.07) is 1.23. The van der Waals surface area contributed by atoms with Gasteiger partial charge >= 0.3 is 12.4 Å². The summed E-state index contributed by atoms with van der Waals surface area (Å²) >= 11 is 0. The molecule has 7 atom stereocenters. The van der Waals surface area contributed by atoms with Crippen LogP contribution in [-0.2, 0) is 21.9 Å². The summed E-state index contributed by atoms with van der Waals surface area (Å²) in [5.41, 5.74) is -3.84. The third kappa shape index (κ3) is 4.20. The van der Waals surface area contributed by atoms with Crippen molar-refractivity contribution in [3.05, 3.63) is 41.5 Å². The van der Waals surface area contributed by atoms with Crippen LogP contribution in [0.1, 0.15) is 56.6 Å². The second-order valence-corrected chi connectivity index (χ2v) is 11.0. The maximum absolute atomic E-state index is 13.5. The zero-order valence-corrected chi connectivity index (χ0v) is 19.7. The van der Waals surface area contributed by atoms with Gasteiger partial charge in [0.1, 0.15) is 0 Å². The lowest BCUT2D eigenvalue weighted by molar-refractivity contribution is -0.141. The number of hydrogen-bond acceptors (Lipinski definition) is 2. The molecule has 0 spiro atoms. The monoisotopic (exact) mass is 514 g/mol. The second kappa shape index (κ2) is 8.52. The molecule has 0 bridgehead atoms. The van der Waals surface area contributed by atoms with E-state index in [2.05, 4.69) is 10.6 Å². The molecule has 1 aromatic carbocycles. The van der Waals surface area contributed by atoms with Crippen molar-refractivity contribution in [3.63, 3.8) is 0 Å². The zero-order valence-electron chi connectivity index (χ0n) is 19.7. The number of halogens is 6. The van der Waals surface area contributed by atoms with Gasteiger partial charge in [-0.1, -0.05) is 13.0 Å². The standard InChI is InChI=1S/C26H28F6N2O2/c1-24-11-10-14-15(3-8-20-16(14)4-9-22(35)33-20)17(24)6-7-19(24)23(36)34-21-12-13(25(27,28)29)2-5-18(21)26(30,31)32/h2,4-5,9,12,14-17,19-20H,3,6-8,10-11H2,1H3,(H,33,35)(H,34,36)/t14?,15?,16?,17?,19-,20?,24+/m1/s1. The lowest BCUT2D eigenvalue weighted by Gasteiger charge is -2.54. The SMILES string of the molecule is C[C@]12CCC3C4C=CC(=O)NC4CCC3C1CC[C@@H]2C(=O)Nc1cc(C(F)(F)F)ccc1C(F)(F)F. The van der Waals surface area contributed by atoms with Crippen LogP contribution in [0.5, 0.6) is 0 Å². The number of carbonyl (C=O) groups is 2. The molecule has 5 rings (SSSR count). The van der Waals surface area contributed by atoms with E-state index in [-0.39, 0.29) is 23.8 Å². The maximum atomic E-state index is 13.5. The van der Waals surface area contributed by atoms with Crippen LogP contribution in [0, 0.1) is 35.0 Å². The number of carbonyl (C=O) groups excluding carboxylic acids is 2. The van der Waals surface area contributed by atoms with E-state index in [0.29, 0.717) is 42.9 Å². The molecule has 196 valence electrons. The van der Waals surface area contributed by atoms with Gasteiger partial charge in [0.15, 0.2) is 0 Å². The second-order valence-electron chi connectivity index (χ2n) is 11.0. The molecule has 0 saturated heterocycles. The minimum absolute atomic E-state index is 0.0826. The average Bonchev–Trinajstić information content (AvgIpc) is 3.14. The minimum atomic E-state index is -4.91. The lowest BCUT2D eigenvalue weighted by atomic mass is 9.52. The number of benzene rings is 1. The Hall–Kier alpha value is -2.52. The molecule has 2 N–H and O–H groups in total. The molecule has 36 heavy (non-hydrogen) atoms. The molecule has 1 heterocycles. The van der Waals surface area contributed by atoms with Crippen LogP contribution in [-0.4, -0.2) is 17.9 Å². The van der Waals surface area contributed by atoms with Gasteiger partial charge in [-0.2, -0.15) is 26.3 Å². The lowest BCUT2D eigenvalue weighted by Crippen LogP contribution is -2.54. The quantitative estimate of drug-likeness (QED) is 0.463. The van der Waals surface area contributed by atoms with Crippen LogP contribution in [0.3, 0.4) is 0 Å². The van der Waals surface area contributed by atoms with Gasteiger partial charge in [-0.25, -0.2) is 0 Å². The topological polar surface area (TPSA) is 58.2 Å². The van der Waals surface area contributed by atoms with Crippen molar-refractivity contribution in [3.8, 4) is 0 Å². The van der Waals surface area contributed by atoms with Crippen molar-refractivity contribution in [2.75, 3.05) is 5.32 Å². The Balaban J connectivity index is 1.38. The Morgan fingerprint density at radius 3 is 2.44 bits per heavy atom. The molecule has 4 aliphatic rings. The molecule has 0 aromatic heterocycles. The fourth-order valence-corrected chi connectivity index (χ4v) is 7.67. The number of rotatable bonds is 2. The highest BCUT2D eigenvalue weighted by Crippen LogP contribution is 2.62. The zero-order chi connectivity index (χ0) is 26.0. The number of nitrogens with one attached hydrogen (secondary N) is 2. The predicted octanol–water partition coefficient (Wildman–Crippen LogP) is 6.19. The molecular formula is C26H28F6N2O2. The molecule has 3 saturated carbocycles. The van der Waals surface area contributed by atoms with E-state index >= 15 is 0 Å². The molecule has 5 unspecified atom stereocenters. The number of hydrogen-bond donors (Lipinski definition) is 2. The Morgan fingerprint density at radius 1 is 1.00 bits per heavy atom. The maximum Gasteiger partial charge on any atom is 0.418 e. The highest BCUT2D eigenvalue weighted by Gasteiger charge is 2.58. The van der Waals surface area contributed by atoms with E-state index in [4.69, 9.17) is 0 Å². The van der Waals surface area contributed by atoms with Gasteiger partial charge < -0.3 is 10.6 Å². The molecular weight excluding hydrogens is 486 g/mol. The smallest absolute Gasteiger partial charge is 0.349 e. The Kier molecular flexibility index (Phi) is 5.95. The van der Waals surface area contributed by atoms with Gasteiger partial charge in [-0.05, 0) is 86.0 Å². The van der Waals surface area contributed by atoms with Crippen molar-refractivity contribution in [2.24, 2.45) is 35.0 Å². The summed E-state index contributed by atoms with van der Waals surface area (Å²) in [6.45, 7) is 2.01. The van der Waals surface area contributed by atoms with Crippen LogP contribution in [0.2, 0.25) is 0 Å². The fourth-order valence-electron chi connectivity index (χ4n) is 7.67. The molecule has 3 aliphatic carbocycles. The van der Waals surface area contributed by atoms with Crippen LogP contribution in [0.25, 0.3) is 0 Å². The first kappa shape index (κ1) is 25.1. The van der Waals surface area contributed by atoms with Crippen LogP contribution < -0.4 is 10.6 Å². The molecule has 10 heteroatoms. The number of alkyl halides is 6. The van der Waals surface area contributed by atoms with E-state index < -0.39 is 46.4 Å². The van der Waals surface area contributed by atoms with E-state index in [1.54, 1.807) is 6.08 Å². The summed E-state index contributed by atoms with van der Waals surface area (Å²) in [5, 5.41) is 5.28. The molecule has 1 aromatic rings. The van der Waals surface area contributed by atoms with Gasteiger partial charge in [0, 0.05) is 17.9 Å². The van der Waals surface area contributed by atoms with Crippen molar-refractivity contribution >= 4 is 17.5 Å². The van der Waals surface area contributed by atoms with Crippen molar-refractivity contribution in [1.29, 1.82) is 0 Å². The molecule has 3 fully saturated rings. The Labute approximate surface area is 204 Å². The molecule has 2 amide bonds. The summed E-state index contributed by atoms with van der Waals surface area (Å²) in [6.07, 6.45) is -1.66. The minimum Gasteiger partial charge on any atom is -0.349 e.